The van der Waals surface area contributed by atoms with Gasteiger partial charge in [-0.15, -0.1) is 0 Å². The fraction of sp³-hybridized carbons (Fsp3) is 0.462. The van der Waals surface area contributed by atoms with Crippen LogP contribution in [-0.2, 0) is 4.79 Å². The van der Waals surface area contributed by atoms with Crippen LogP contribution in [0.1, 0.15) is 31.2 Å². The lowest BCUT2D eigenvalue weighted by Crippen LogP contribution is -2.20. The lowest BCUT2D eigenvalue weighted by Gasteiger charge is -2.13. The quantitative estimate of drug-likeness (QED) is 0.772. The molecule has 0 aliphatic heterocycles. The van der Waals surface area contributed by atoms with Gasteiger partial charge in [0.05, 0.1) is 6.07 Å². The van der Waals surface area contributed by atoms with Crippen molar-refractivity contribution in [3.63, 3.8) is 0 Å². The second kappa shape index (κ2) is 4.44. The number of carbonyl (C=O) groups is 1. The molecule has 0 radical (unpaired) electrons. The molecule has 3 heteroatoms. The van der Waals surface area contributed by atoms with E-state index in [1.165, 1.54) is 0 Å². The van der Waals surface area contributed by atoms with E-state index < -0.39 is 5.92 Å². The molecule has 1 heterocycles. The highest BCUT2D eigenvalue weighted by atomic mass is 16.1. The summed E-state index contributed by atoms with van der Waals surface area (Å²) in [4.78, 5) is 16.0. The molecule has 1 saturated carbocycles. The summed E-state index contributed by atoms with van der Waals surface area (Å²) in [7, 11) is 0. The molecule has 0 bridgehead atoms. The van der Waals surface area contributed by atoms with Crippen LogP contribution in [0.15, 0.2) is 24.5 Å². The first kappa shape index (κ1) is 10.8. The van der Waals surface area contributed by atoms with Crippen LogP contribution in [-0.4, -0.2) is 10.8 Å². The number of ketones is 1. The molecule has 2 rings (SSSR count). The predicted molar refractivity (Wildman–Crippen MR) is 59.5 cm³/mol. The smallest absolute Gasteiger partial charge is 0.157 e. The second-order valence-electron chi connectivity index (χ2n) is 4.37. The number of aromatic nitrogens is 1. The molecule has 1 fully saturated rings. The van der Waals surface area contributed by atoms with E-state index in [0.717, 1.165) is 18.4 Å². The Labute approximate surface area is 95.1 Å². The number of rotatable bonds is 4. The second-order valence-corrected chi connectivity index (χ2v) is 4.37. The molecule has 16 heavy (non-hydrogen) atoms. The van der Waals surface area contributed by atoms with Gasteiger partial charge in [-0.25, -0.2) is 0 Å². The highest BCUT2D eigenvalue weighted by Crippen LogP contribution is 2.39. The maximum atomic E-state index is 12.1. The summed E-state index contributed by atoms with van der Waals surface area (Å²) in [6.07, 6.45) is 5.49. The van der Waals surface area contributed by atoms with Crippen LogP contribution in [0.4, 0.5) is 0 Å². The molecule has 3 nitrogen and oxygen atoms in total. The Morgan fingerprint density at radius 1 is 1.50 bits per heavy atom. The number of nitrogens with zero attached hydrogens (tertiary/aromatic N) is 2. The van der Waals surface area contributed by atoms with Gasteiger partial charge in [0.15, 0.2) is 5.78 Å². The number of Topliss-reactive ketones (excluding diaryl/α,β-unsaturated/α-hetero) is 1. The third kappa shape index (κ3) is 2.11. The van der Waals surface area contributed by atoms with E-state index in [-0.39, 0.29) is 11.7 Å². The topological polar surface area (TPSA) is 53.8 Å². The molecule has 0 spiro atoms. The van der Waals surface area contributed by atoms with Gasteiger partial charge in [-0.1, -0.05) is 6.92 Å². The lowest BCUT2D eigenvalue weighted by molar-refractivity contribution is -0.123. The van der Waals surface area contributed by atoms with Crippen molar-refractivity contribution in [1.29, 1.82) is 5.26 Å². The van der Waals surface area contributed by atoms with Gasteiger partial charge in [-0.3, -0.25) is 9.78 Å². The summed E-state index contributed by atoms with van der Waals surface area (Å²) in [6, 6.07) is 5.59. The Morgan fingerprint density at radius 2 is 2.12 bits per heavy atom. The molecule has 2 atom stereocenters. The zero-order valence-electron chi connectivity index (χ0n) is 9.26. The Morgan fingerprint density at radius 3 is 2.62 bits per heavy atom. The molecule has 82 valence electrons. The van der Waals surface area contributed by atoms with Gasteiger partial charge in [-0.05, 0) is 36.5 Å². The van der Waals surface area contributed by atoms with E-state index in [1.807, 2.05) is 6.92 Å². The maximum Gasteiger partial charge on any atom is 0.157 e. The summed E-state index contributed by atoms with van der Waals surface area (Å²) in [5.74, 6) is -0.0576. The summed E-state index contributed by atoms with van der Waals surface area (Å²) in [6.45, 7) is 1.94. The van der Waals surface area contributed by atoms with Crippen LogP contribution >= 0.6 is 0 Å². The van der Waals surface area contributed by atoms with Crippen LogP contribution in [0.3, 0.4) is 0 Å². The van der Waals surface area contributed by atoms with Crippen molar-refractivity contribution in [3.05, 3.63) is 30.1 Å². The molecular weight excluding hydrogens is 200 g/mol. The lowest BCUT2D eigenvalue weighted by atomic mass is 9.87. The Balaban J connectivity index is 2.17. The Bertz CT molecular complexity index is 417. The first-order chi connectivity index (χ1) is 7.74. The molecule has 0 aromatic carbocycles. The van der Waals surface area contributed by atoms with E-state index >= 15 is 0 Å². The fourth-order valence-electron chi connectivity index (χ4n) is 1.95. The minimum Gasteiger partial charge on any atom is -0.298 e. The maximum absolute atomic E-state index is 12.1. The minimum atomic E-state index is -0.626. The van der Waals surface area contributed by atoms with E-state index in [4.69, 9.17) is 5.26 Å². The van der Waals surface area contributed by atoms with Crippen LogP contribution < -0.4 is 0 Å². The average Bonchev–Trinajstić information content (AvgIpc) is 3.14. The summed E-state index contributed by atoms with van der Waals surface area (Å²) < 4.78 is 0. The highest BCUT2D eigenvalue weighted by molar-refractivity contribution is 5.90. The molecule has 1 aliphatic carbocycles. The van der Waals surface area contributed by atoms with E-state index in [2.05, 4.69) is 11.1 Å². The molecule has 0 saturated heterocycles. The van der Waals surface area contributed by atoms with Crippen LogP contribution in [0.25, 0.3) is 0 Å². The van der Waals surface area contributed by atoms with Crippen molar-refractivity contribution in [3.8, 4) is 6.07 Å². The molecular formula is C13H14N2O. The average molecular weight is 214 g/mol. The summed E-state index contributed by atoms with van der Waals surface area (Å²) in [5.41, 5.74) is 0.759. The van der Waals surface area contributed by atoms with Crippen molar-refractivity contribution in [2.24, 2.45) is 11.8 Å². The number of carbonyl (C=O) groups excluding carboxylic acids is 1. The standard InChI is InChI=1S/C13H14N2O/c1-9(10-2-3-10)13(16)12(8-14)11-4-6-15-7-5-11/h4-7,9-10,12H,2-3H2,1H3. The zero-order valence-corrected chi connectivity index (χ0v) is 9.26. The summed E-state index contributed by atoms with van der Waals surface area (Å²) >= 11 is 0. The van der Waals surface area contributed by atoms with Crippen molar-refractivity contribution in [2.45, 2.75) is 25.7 Å². The highest BCUT2D eigenvalue weighted by Gasteiger charge is 2.36. The van der Waals surface area contributed by atoms with Gasteiger partial charge >= 0.3 is 0 Å². The van der Waals surface area contributed by atoms with Gasteiger partial charge in [0.25, 0.3) is 0 Å². The third-order valence-corrected chi connectivity index (χ3v) is 3.23. The van der Waals surface area contributed by atoms with Crippen molar-refractivity contribution < 1.29 is 4.79 Å². The number of pyridine rings is 1. The Kier molecular flexibility index (Phi) is 3.00. The van der Waals surface area contributed by atoms with E-state index in [0.29, 0.717) is 5.92 Å². The van der Waals surface area contributed by atoms with Crippen LogP contribution in [0.5, 0.6) is 0 Å². The predicted octanol–water partition coefficient (Wildman–Crippen LogP) is 2.30. The fourth-order valence-corrected chi connectivity index (χ4v) is 1.95. The van der Waals surface area contributed by atoms with Crippen LogP contribution in [0.2, 0.25) is 0 Å². The van der Waals surface area contributed by atoms with E-state index in [1.54, 1.807) is 24.5 Å². The first-order valence-electron chi connectivity index (χ1n) is 5.57. The minimum absolute atomic E-state index is 0.0119. The zero-order chi connectivity index (χ0) is 11.5. The van der Waals surface area contributed by atoms with E-state index in [9.17, 15) is 4.79 Å². The Hall–Kier alpha value is -1.69. The first-order valence-corrected chi connectivity index (χ1v) is 5.57. The van der Waals surface area contributed by atoms with Crippen LogP contribution in [0, 0.1) is 23.2 Å². The third-order valence-electron chi connectivity index (χ3n) is 3.23. The van der Waals surface area contributed by atoms with Gasteiger partial charge in [0, 0.05) is 18.3 Å². The van der Waals surface area contributed by atoms with Gasteiger partial charge in [-0.2, -0.15) is 5.26 Å². The molecule has 0 amide bonds. The van der Waals surface area contributed by atoms with Gasteiger partial charge < -0.3 is 0 Å². The monoisotopic (exact) mass is 214 g/mol. The van der Waals surface area contributed by atoms with Crippen molar-refractivity contribution >= 4 is 5.78 Å². The molecule has 0 N–H and O–H groups in total. The largest absolute Gasteiger partial charge is 0.298 e. The molecule has 2 unspecified atom stereocenters. The molecule has 1 aliphatic rings. The molecule has 1 aromatic heterocycles. The van der Waals surface area contributed by atoms with Gasteiger partial charge in [0.2, 0.25) is 0 Å². The SMILES string of the molecule is CC(C(=O)C(C#N)c1ccncc1)C1CC1. The normalized spacial score (nSPS) is 18.5. The van der Waals surface area contributed by atoms with Gasteiger partial charge in [0.1, 0.15) is 5.92 Å². The molecule has 1 aromatic rings. The van der Waals surface area contributed by atoms with Crippen molar-refractivity contribution in [2.75, 3.05) is 0 Å². The number of nitriles is 1. The van der Waals surface area contributed by atoms with Crippen molar-refractivity contribution in [1.82, 2.24) is 4.98 Å². The number of hydrogen-bond donors (Lipinski definition) is 0. The number of hydrogen-bond acceptors (Lipinski definition) is 3. The summed E-state index contributed by atoms with van der Waals surface area (Å²) in [5, 5.41) is 9.11.